The smallest absolute Gasteiger partial charge is 0.313 e. The average molecular weight is 300 g/mol. The lowest BCUT2D eigenvalue weighted by molar-refractivity contribution is -0.136. The van der Waals surface area contributed by atoms with Crippen LogP contribution < -0.4 is 10.6 Å². The van der Waals surface area contributed by atoms with E-state index in [0.717, 1.165) is 5.56 Å². The average Bonchev–Trinajstić information content (AvgIpc) is 2.97. The van der Waals surface area contributed by atoms with Crippen LogP contribution >= 0.6 is 0 Å². The molecule has 0 aliphatic rings. The molecule has 116 valence electrons. The molecule has 2 aromatic rings. The highest BCUT2D eigenvalue weighted by atomic mass is 16.3. The Hall–Kier alpha value is -2.56. The van der Waals surface area contributed by atoms with Crippen molar-refractivity contribution in [3.8, 4) is 0 Å². The van der Waals surface area contributed by atoms with E-state index in [4.69, 9.17) is 4.42 Å². The van der Waals surface area contributed by atoms with Gasteiger partial charge in [-0.15, -0.1) is 0 Å². The van der Waals surface area contributed by atoms with E-state index in [2.05, 4.69) is 31.4 Å². The molecule has 1 aromatic carbocycles. The Bertz CT molecular complexity index is 638. The Morgan fingerprint density at radius 1 is 1.05 bits per heavy atom. The molecule has 0 atom stereocenters. The van der Waals surface area contributed by atoms with Gasteiger partial charge in [-0.2, -0.15) is 0 Å². The lowest BCUT2D eigenvalue weighted by Crippen LogP contribution is -2.34. The number of furan rings is 1. The van der Waals surface area contributed by atoms with Crippen LogP contribution in [0.1, 0.15) is 32.1 Å². The fourth-order valence-corrected chi connectivity index (χ4v) is 1.90. The molecule has 0 saturated carbocycles. The standard InChI is InChI=1S/C17H20N2O3/c1-17(2,3)12-6-8-13(9-7-12)19-16(21)15(20)18-11-14-5-4-10-22-14/h4-10H,11H2,1-3H3,(H,18,20)(H,19,21). The highest BCUT2D eigenvalue weighted by Gasteiger charge is 2.16. The van der Waals surface area contributed by atoms with Gasteiger partial charge in [0.1, 0.15) is 5.76 Å². The molecule has 0 aliphatic carbocycles. The molecular weight excluding hydrogens is 280 g/mol. The molecule has 1 aromatic heterocycles. The van der Waals surface area contributed by atoms with E-state index in [0.29, 0.717) is 11.4 Å². The summed E-state index contributed by atoms with van der Waals surface area (Å²) in [5.74, 6) is -0.804. The van der Waals surface area contributed by atoms with Gasteiger partial charge < -0.3 is 15.1 Å². The SMILES string of the molecule is CC(C)(C)c1ccc(NC(=O)C(=O)NCc2ccco2)cc1. The largest absolute Gasteiger partial charge is 0.467 e. The summed E-state index contributed by atoms with van der Waals surface area (Å²) in [6.07, 6.45) is 1.51. The van der Waals surface area contributed by atoms with Crippen LogP contribution in [0.15, 0.2) is 47.1 Å². The van der Waals surface area contributed by atoms with Gasteiger partial charge in [-0.05, 0) is 35.2 Å². The van der Waals surface area contributed by atoms with E-state index in [9.17, 15) is 9.59 Å². The monoisotopic (exact) mass is 300 g/mol. The van der Waals surface area contributed by atoms with Crippen molar-refractivity contribution in [3.05, 3.63) is 54.0 Å². The van der Waals surface area contributed by atoms with Crippen LogP contribution in [0.25, 0.3) is 0 Å². The zero-order chi connectivity index (χ0) is 16.2. The van der Waals surface area contributed by atoms with Crippen molar-refractivity contribution < 1.29 is 14.0 Å². The topological polar surface area (TPSA) is 71.3 Å². The summed E-state index contributed by atoms with van der Waals surface area (Å²) >= 11 is 0. The third kappa shape index (κ3) is 4.22. The van der Waals surface area contributed by atoms with Crippen molar-refractivity contribution in [1.82, 2.24) is 5.32 Å². The second-order valence-electron chi connectivity index (χ2n) is 6.04. The predicted molar refractivity (Wildman–Crippen MR) is 84.3 cm³/mol. The number of amides is 2. The molecule has 22 heavy (non-hydrogen) atoms. The van der Waals surface area contributed by atoms with Gasteiger partial charge in [0.15, 0.2) is 0 Å². The molecule has 0 bridgehead atoms. The first-order valence-corrected chi connectivity index (χ1v) is 7.08. The number of carbonyl (C=O) groups excluding carboxylic acids is 2. The second kappa shape index (κ2) is 6.47. The minimum Gasteiger partial charge on any atom is -0.467 e. The summed E-state index contributed by atoms with van der Waals surface area (Å²) in [5, 5.41) is 5.06. The molecule has 0 radical (unpaired) electrons. The maximum atomic E-state index is 11.8. The van der Waals surface area contributed by atoms with Gasteiger partial charge in [0, 0.05) is 5.69 Å². The Morgan fingerprint density at radius 3 is 2.27 bits per heavy atom. The number of rotatable bonds is 3. The fourth-order valence-electron chi connectivity index (χ4n) is 1.90. The number of benzene rings is 1. The molecule has 2 rings (SSSR count). The summed E-state index contributed by atoms with van der Waals surface area (Å²) in [7, 11) is 0. The molecule has 5 heteroatoms. The van der Waals surface area contributed by atoms with Gasteiger partial charge in [-0.3, -0.25) is 9.59 Å². The quantitative estimate of drug-likeness (QED) is 0.856. The summed E-state index contributed by atoms with van der Waals surface area (Å²) in [6, 6.07) is 10.9. The van der Waals surface area contributed by atoms with Crippen LogP contribution in [0.2, 0.25) is 0 Å². The summed E-state index contributed by atoms with van der Waals surface area (Å²) in [5.41, 5.74) is 1.79. The van der Waals surface area contributed by atoms with E-state index in [1.54, 1.807) is 24.3 Å². The fraction of sp³-hybridized carbons (Fsp3) is 0.294. The first kappa shape index (κ1) is 15.8. The van der Waals surface area contributed by atoms with Crippen molar-refractivity contribution in [1.29, 1.82) is 0 Å². The van der Waals surface area contributed by atoms with Gasteiger partial charge in [-0.25, -0.2) is 0 Å². The van der Waals surface area contributed by atoms with Crippen LogP contribution in [0.5, 0.6) is 0 Å². The van der Waals surface area contributed by atoms with Gasteiger partial charge >= 0.3 is 11.8 Å². The molecule has 2 N–H and O–H groups in total. The third-order valence-corrected chi connectivity index (χ3v) is 3.22. The number of nitrogens with one attached hydrogen (secondary N) is 2. The minimum atomic E-state index is -0.699. The van der Waals surface area contributed by atoms with Crippen molar-refractivity contribution in [2.45, 2.75) is 32.7 Å². The van der Waals surface area contributed by atoms with Crippen molar-refractivity contribution >= 4 is 17.5 Å². The third-order valence-electron chi connectivity index (χ3n) is 3.22. The molecule has 1 heterocycles. The summed E-state index contributed by atoms with van der Waals surface area (Å²) < 4.78 is 5.08. The van der Waals surface area contributed by atoms with E-state index in [1.807, 2.05) is 12.1 Å². The van der Waals surface area contributed by atoms with E-state index >= 15 is 0 Å². The number of hydrogen-bond donors (Lipinski definition) is 2. The normalized spacial score (nSPS) is 11.0. The predicted octanol–water partition coefficient (Wildman–Crippen LogP) is 2.83. The van der Waals surface area contributed by atoms with Crippen LogP contribution in [0.3, 0.4) is 0 Å². The lowest BCUT2D eigenvalue weighted by atomic mass is 9.87. The van der Waals surface area contributed by atoms with Crippen LogP contribution in [0.4, 0.5) is 5.69 Å². The molecule has 2 amide bonds. The Balaban J connectivity index is 1.89. The second-order valence-corrected chi connectivity index (χ2v) is 6.04. The molecular formula is C17H20N2O3. The maximum absolute atomic E-state index is 11.8. The Labute approximate surface area is 129 Å². The zero-order valence-electron chi connectivity index (χ0n) is 13.0. The van der Waals surface area contributed by atoms with Crippen molar-refractivity contribution in [2.24, 2.45) is 0 Å². The number of carbonyl (C=O) groups is 2. The number of anilines is 1. The van der Waals surface area contributed by atoms with Crippen molar-refractivity contribution in [3.63, 3.8) is 0 Å². The minimum absolute atomic E-state index is 0.0446. The lowest BCUT2D eigenvalue weighted by Gasteiger charge is -2.19. The van der Waals surface area contributed by atoms with E-state index < -0.39 is 11.8 Å². The van der Waals surface area contributed by atoms with Crippen LogP contribution in [-0.4, -0.2) is 11.8 Å². The van der Waals surface area contributed by atoms with Gasteiger partial charge in [0.2, 0.25) is 0 Å². The van der Waals surface area contributed by atoms with Crippen LogP contribution in [0, 0.1) is 0 Å². The molecule has 0 aliphatic heterocycles. The van der Waals surface area contributed by atoms with Gasteiger partial charge in [0.05, 0.1) is 12.8 Å². The highest BCUT2D eigenvalue weighted by Crippen LogP contribution is 2.23. The summed E-state index contributed by atoms with van der Waals surface area (Å²) in [6.45, 7) is 6.52. The maximum Gasteiger partial charge on any atom is 0.313 e. The first-order valence-electron chi connectivity index (χ1n) is 7.08. The molecule has 0 spiro atoms. The molecule has 0 fully saturated rings. The Morgan fingerprint density at radius 2 is 1.73 bits per heavy atom. The van der Waals surface area contributed by atoms with E-state index in [1.165, 1.54) is 6.26 Å². The van der Waals surface area contributed by atoms with E-state index in [-0.39, 0.29) is 12.0 Å². The summed E-state index contributed by atoms with van der Waals surface area (Å²) in [4.78, 5) is 23.5. The van der Waals surface area contributed by atoms with Crippen LogP contribution in [-0.2, 0) is 21.5 Å². The Kier molecular flexibility index (Phi) is 4.65. The van der Waals surface area contributed by atoms with Gasteiger partial charge in [0.25, 0.3) is 0 Å². The molecule has 0 saturated heterocycles. The molecule has 0 unspecified atom stereocenters. The van der Waals surface area contributed by atoms with Gasteiger partial charge in [-0.1, -0.05) is 32.9 Å². The highest BCUT2D eigenvalue weighted by molar-refractivity contribution is 6.39. The zero-order valence-corrected chi connectivity index (χ0v) is 13.0. The number of hydrogen-bond acceptors (Lipinski definition) is 3. The molecule has 5 nitrogen and oxygen atoms in total. The van der Waals surface area contributed by atoms with Crippen molar-refractivity contribution in [2.75, 3.05) is 5.32 Å². The first-order chi connectivity index (χ1) is 10.4.